The molecule has 0 bridgehead atoms. The van der Waals surface area contributed by atoms with Crippen LogP contribution in [0.1, 0.15) is 21.9 Å². The Morgan fingerprint density at radius 2 is 1.97 bits per heavy atom. The number of para-hydroxylation sites is 1. The average Bonchev–Trinajstić information content (AvgIpc) is 3.21. The van der Waals surface area contributed by atoms with E-state index < -0.39 is 24.5 Å². The number of esters is 2. The second-order valence-electron chi connectivity index (χ2n) is 6.27. The zero-order valence-electron chi connectivity index (χ0n) is 16.3. The third-order valence-electron chi connectivity index (χ3n) is 4.30. The molecule has 0 spiro atoms. The van der Waals surface area contributed by atoms with Crippen molar-refractivity contribution in [2.75, 3.05) is 19.0 Å². The van der Waals surface area contributed by atoms with E-state index >= 15 is 0 Å². The van der Waals surface area contributed by atoms with Crippen molar-refractivity contribution >= 4 is 45.8 Å². The molecule has 0 radical (unpaired) electrons. The topological polar surface area (TPSA) is 117 Å². The molecule has 1 amide bonds. The largest absolute Gasteiger partial charge is 0.465 e. The molecule has 30 heavy (non-hydrogen) atoms. The van der Waals surface area contributed by atoms with Crippen LogP contribution in [0, 0.1) is 0 Å². The van der Waals surface area contributed by atoms with Crippen LogP contribution in [0.15, 0.2) is 40.5 Å². The second kappa shape index (κ2) is 9.31. The number of benzene rings is 1. The number of carbonyl (C=O) groups excluding carboxylic acids is 3. The fourth-order valence-electron chi connectivity index (χ4n) is 2.76. The van der Waals surface area contributed by atoms with Crippen LogP contribution in [0.3, 0.4) is 0 Å². The smallest absolute Gasteiger partial charge is 0.350 e. The first kappa shape index (κ1) is 21.2. The van der Waals surface area contributed by atoms with Gasteiger partial charge in [-0.3, -0.25) is 19.0 Å². The maximum absolute atomic E-state index is 12.4. The van der Waals surface area contributed by atoms with E-state index in [4.69, 9.17) is 4.74 Å². The number of ether oxygens (including phenoxy) is 2. The van der Waals surface area contributed by atoms with Crippen LogP contribution >= 0.6 is 11.3 Å². The molecule has 3 aromatic rings. The predicted molar refractivity (Wildman–Crippen MR) is 111 cm³/mol. The Bertz CT molecular complexity index is 1170. The van der Waals surface area contributed by atoms with Crippen LogP contribution in [-0.2, 0) is 32.5 Å². The summed E-state index contributed by atoms with van der Waals surface area (Å²) < 4.78 is 11.0. The van der Waals surface area contributed by atoms with E-state index in [9.17, 15) is 19.2 Å². The number of carbonyl (C=O) groups is 3. The quantitative estimate of drug-likeness (QED) is 0.570. The standard InChI is InChI=1S/C20H19N3O6S/c1-23-15(21-13-6-4-3-5-12(13)19(23)26)7-8-17(25)29-11-16(24)22-14-9-10-30-18(14)20(27)28-2/h3-6,9-10H,7-8,11H2,1-2H3,(H,22,24). The Kier molecular flexibility index (Phi) is 6.58. The molecule has 9 nitrogen and oxygen atoms in total. The monoisotopic (exact) mass is 429 g/mol. The Morgan fingerprint density at radius 3 is 2.73 bits per heavy atom. The summed E-state index contributed by atoms with van der Waals surface area (Å²) >= 11 is 1.13. The van der Waals surface area contributed by atoms with Crippen molar-refractivity contribution in [1.82, 2.24) is 9.55 Å². The number of aromatic nitrogens is 2. The number of thiophene rings is 1. The molecule has 1 N–H and O–H groups in total. The van der Waals surface area contributed by atoms with Crippen molar-refractivity contribution in [3.8, 4) is 0 Å². The van der Waals surface area contributed by atoms with E-state index in [1.54, 1.807) is 42.8 Å². The lowest BCUT2D eigenvalue weighted by Gasteiger charge is -2.09. The molecule has 2 aromatic heterocycles. The van der Waals surface area contributed by atoms with E-state index in [1.807, 2.05) is 0 Å². The Labute approximate surface area is 175 Å². The van der Waals surface area contributed by atoms with Gasteiger partial charge >= 0.3 is 11.9 Å². The van der Waals surface area contributed by atoms with Crippen LogP contribution in [0.4, 0.5) is 5.69 Å². The number of nitrogens with zero attached hydrogens (tertiary/aromatic N) is 2. The van der Waals surface area contributed by atoms with Gasteiger partial charge in [0.05, 0.1) is 30.1 Å². The van der Waals surface area contributed by atoms with E-state index in [2.05, 4.69) is 15.0 Å². The highest BCUT2D eigenvalue weighted by atomic mass is 32.1. The number of methoxy groups -OCH3 is 1. The van der Waals surface area contributed by atoms with Gasteiger partial charge in [-0.2, -0.15) is 0 Å². The number of hydrogen-bond donors (Lipinski definition) is 1. The Morgan fingerprint density at radius 1 is 1.20 bits per heavy atom. The minimum atomic E-state index is -0.605. The number of aryl methyl sites for hydroxylation is 1. The molecular weight excluding hydrogens is 410 g/mol. The van der Waals surface area contributed by atoms with Gasteiger partial charge in [0.25, 0.3) is 11.5 Å². The predicted octanol–water partition coefficient (Wildman–Crippen LogP) is 1.90. The number of amides is 1. The highest BCUT2D eigenvalue weighted by molar-refractivity contribution is 7.12. The molecule has 2 heterocycles. The van der Waals surface area contributed by atoms with E-state index in [0.29, 0.717) is 22.4 Å². The average molecular weight is 429 g/mol. The maximum Gasteiger partial charge on any atom is 0.350 e. The second-order valence-corrected chi connectivity index (χ2v) is 7.19. The third kappa shape index (κ3) is 4.71. The van der Waals surface area contributed by atoms with Crippen LogP contribution < -0.4 is 10.9 Å². The summed E-state index contributed by atoms with van der Waals surface area (Å²) in [5.41, 5.74) is 0.657. The van der Waals surface area contributed by atoms with Gasteiger partial charge in [0, 0.05) is 13.5 Å². The molecule has 0 unspecified atom stereocenters. The zero-order valence-corrected chi connectivity index (χ0v) is 17.2. The molecule has 0 fully saturated rings. The first-order valence-corrected chi connectivity index (χ1v) is 9.84. The Balaban J connectivity index is 1.54. The van der Waals surface area contributed by atoms with Crippen LogP contribution in [-0.4, -0.2) is 41.1 Å². The first-order chi connectivity index (χ1) is 14.4. The van der Waals surface area contributed by atoms with Crippen molar-refractivity contribution in [1.29, 1.82) is 0 Å². The fraction of sp³-hybridized carbons (Fsp3) is 0.250. The van der Waals surface area contributed by atoms with E-state index in [1.165, 1.54) is 11.7 Å². The lowest BCUT2D eigenvalue weighted by Crippen LogP contribution is -2.24. The number of nitrogens with one attached hydrogen (secondary N) is 1. The molecule has 3 rings (SSSR count). The Hall–Kier alpha value is -3.53. The van der Waals surface area contributed by atoms with Gasteiger partial charge in [-0.15, -0.1) is 11.3 Å². The maximum atomic E-state index is 12.4. The molecule has 0 aliphatic heterocycles. The molecule has 0 saturated carbocycles. The highest BCUT2D eigenvalue weighted by Crippen LogP contribution is 2.23. The normalized spacial score (nSPS) is 10.6. The lowest BCUT2D eigenvalue weighted by atomic mass is 10.2. The minimum absolute atomic E-state index is 0.0439. The van der Waals surface area contributed by atoms with Gasteiger partial charge in [-0.25, -0.2) is 9.78 Å². The molecule has 0 aliphatic rings. The van der Waals surface area contributed by atoms with Gasteiger partial charge in [0.15, 0.2) is 6.61 Å². The molecule has 1 aromatic carbocycles. The minimum Gasteiger partial charge on any atom is -0.465 e. The summed E-state index contributed by atoms with van der Waals surface area (Å²) in [5.74, 6) is -1.30. The SMILES string of the molecule is COC(=O)c1sccc1NC(=O)COC(=O)CCc1nc2ccccc2c(=O)n1C. The third-order valence-corrected chi connectivity index (χ3v) is 5.20. The summed E-state index contributed by atoms with van der Waals surface area (Å²) in [6.07, 6.45) is 0.145. The highest BCUT2D eigenvalue weighted by Gasteiger charge is 2.17. The summed E-state index contributed by atoms with van der Waals surface area (Å²) in [7, 11) is 2.84. The summed E-state index contributed by atoms with van der Waals surface area (Å²) in [5, 5.41) is 4.64. The zero-order chi connectivity index (χ0) is 21.7. The molecule has 0 aliphatic carbocycles. The molecule has 0 saturated heterocycles. The summed E-state index contributed by atoms with van der Waals surface area (Å²) in [6.45, 7) is -0.501. The van der Waals surface area contributed by atoms with Gasteiger partial charge in [-0.05, 0) is 23.6 Å². The van der Waals surface area contributed by atoms with Crippen molar-refractivity contribution in [3.05, 3.63) is 56.8 Å². The van der Waals surface area contributed by atoms with Crippen LogP contribution in [0.2, 0.25) is 0 Å². The van der Waals surface area contributed by atoms with Crippen LogP contribution in [0.25, 0.3) is 10.9 Å². The number of anilines is 1. The molecule has 156 valence electrons. The van der Waals surface area contributed by atoms with Crippen LogP contribution in [0.5, 0.6) is 0 Å². The molecule has 10 heteroatoms. The van der Waals surface area contributed by atoms with Crippen molar-refractivity contribution < 1.29 is 23.9 Å². The van der Waals surface area contributed by atoms with Gasteiger partial charge in [0.1, 0.15) is 10.7 Å². The van der Waals surface area contributed by atoms with E-state index in [0.717, 1.165) is 11.3 Å². The van der Waals surface area contributed by atoms with E-state index in [-0.39, 0.29) is 23.3 Å². The lowest BCUT2D eigenvalue weighted by molar-refractivity contribution is -0.147. The number of fused-ring (bicyclic) bond motifs is 1. The molecular formula is C20H19N3O6S. The molecule has 0 atom stereocenters. The number of hydrogen-bond acceptors (Lipinski definition) is 8. The fourth-order valence-corrected chi connectivity index (χ4v) is 3.53. The van der Waals surface area contributed by atoms with Gasteiger partial charge < -0.3 is 14.8 Å². The van der Waals surface area contributed by atoms with Gasteiger partial charge in [-0.1, -0.05) is 12.1 Å². The van der Waals surface area contributed by atoms with Crippen molar-refractivity contribution in [2.24, 2.45) is 7.05 Å². The van der Waals surface area contributed by atoms with Crippen molar-refractivity contribution in [3.63, 3.8) is 0 Å². The summed E-state index contributed by atoms with van der Waals surface area (Å²) in [4.78, 5) is 52.7. The number of rotatable bonds is 7. The van der Waals surface area contributed by atoms with Crippen molar-refractivity contribution in [2.45, 2.75) is 12.8 Å². The first-order valence-electron chi connectivity index (χ1n) is 8.96. The summed E-state index contributed by atoms with van der Waals surface area (Å²) in [6, 6.07) is 8.53. The van der Waals surface area contributed by atoms with Gasteiger partial charge in [0.2, 0.25) is 0 Å².